The molecule has 0 saturated heterocycles. The number of rotatable bonds is 7. The highest BCUT2D eigenvalue weighted by Gasteiger charge is 2.13. The second-order valence-electron chi connectivity index (χ2n) is 5.16. The van der Waals surface area contributed by atoms with E-state index in [4.69, 9.17) is 13.9 Å². The first kappa shape index (κ1) is 17.7. The van der Waals surface area contributed by atoms with E-state index < -0.39 is 4.92 Å². The quantitative estimate of drug-likeness (QED) is 0.348. The molecule has 134 valence electrons. The number of ether oxygens (including phenoxy) is 2. The van der Waals surface area contributed by atoms with Gasteiger partial charge in [-0.15, -0.1) is 10.2 Å². The van der Waals surface area contributed by atoms with E-state index in [1.807, 2.05) is 0 Å². The summed E-state index contributed by atoms with van der Waals surface area (Å²) in [4.78, 5) is 10.2. The Morgan fingerprint density at radius 3 is 2.46 bits per heavy atom. The molecule has 0 atom stereocenters. The van der Waals surface area contributed by atoms with Crippen molar-refractivity contribution in [2.24, 2.45) is 0 Å². The number of non-ortho nitro benzene ring substituents is 1. The van der Waals surface area contributed by atoms with Crippen molar-refractivity contribution in [3.8, 4) is 23.0 Å². The molecule has 9 heteroatoms. The minimum Gasteiger partial charge on any atom is -0.493 e. The summed E-state index contributed by atoms with van der Waals surface area (Å²) in [5.74, 6) is 2.12. The standard InChI is InChI=1S/C17H15N3O5S/c1-23-14-8-5-12(9-15(14)24-2)16-18-19-17(25-16)26-10-11-3-6-13(7-4-11)20(21)22/h3-9H,10H2,1-2H3. The Labute approximate surface area is 153 Å². The molecular formula is C17H15N3O5S. The molecule has 0 aliphatic rings. The van der Waals surface area contributed by atoms with Crippen molar-refractivity contribution in [2.45, 2.75) is 11.0 Å². The summed E-state index contributed by atoms with van der Waals surface area (Å²) in [6, 6.07) is 11.7. The Hall–Kier alpha value is -3.07. The fourth-order valence-corrected chi connectivity index (χ4v) is 2.93. The molecule has 0 bridgehead atoms. The van der Waals surface area contributed by atoms with Gasteiger partial charge in [-0.2, -0.15) is 0 Å². The molecule has 0 radical (unpaired) electrons. The number of nitro benzene ring substituents is 1. The monoisotopic (exact) mass is 373 g/mol. The van der Waals surface area contributed by atoms with Gasteiger partial charge in [0, 0.05) is 23.4 Å². The van der Waals surface area contributed by atoms with Crippen LogP contribution in [0.2, 0.25) is 0 Å². The van der Waals surface area contributed by atoms with E-state index in [1.165, 1.54) is 23.9 Å². The van der Waals surface area contributed by atoms with E-state index in [-0.39, 0.29) is 5.69 Å². The Balaban J connectivity index is 1.69. The van der Waals surface area contributed by atoms with Crippen LogP contribution in [0.5, 0.6) is 11.5 Å². The molecule has 3 rings (SSSR count). The fourth-order valence-electron chi connectivity index (χ4n) is 2.21. The topological polar surface area (TPSA) is 101 Å². The Morgan fingerprint density at radius 1 is 1.08 bits per heavy atom. The minimum atomic E-state index is -0.426. The summed E-state index contributed by atoms with van der Waals surface area (Å²) in [6.45, 7) is 0. The van der Waals surface area contributed by atoms with Crippen LogP contribution < -0.4 is 9.47 Å². The van der Waals surface area contributed by atoms with Gasteiger partial charge < -0.3 is 13.9 Å². The lowest BCUT2D eigenvalue weighted by atomic mass is 10.2. The summed E-state index contributed by atoms with van der Waals surface area (Å²) in [7, 11) is 3.12. The van der Waals surface area contributed by atoms with Gasteiger partial charge in [0.05, 0.1) is 19.1 Å². The molecule has 0 aliphatic heterocycles. The highest BCUT2D eigenvalue weighted by atomic mass is 32.2. The molecule has 3 aromatic rings. The van der Waals surface area contributed by atoms with Crippen LogP contribution >= 0.6 is 11.8 Å². The molecule has 2 aromatic carbocycles. The highest BCUT2D eigenvalue weighted by Crippen LogP contribution is 2.33. The van der Waals surface area contributed by atoms with Crippen molar-refractivity contribution >= 4 is 17.4 Å². The van der Waals surface area contributed by atoms with E-state index in [1.54, 1.807) is 44.6 Å². The third-order valence-electron chi connectivity index (χ3n) is 3.55. The molecular weight excluding hydrogens is 358 g/mol. The second-order valence-corrected chi connectivity index (χ2v) is 6.08. The molecule has 0 unspecified atom stereocenters. The number of nitro groups is 1. The highest BCUT2D eigenvalue weighted by molar-refractivity contribution is 7.98. The maximum atomic E-state index is 10.7. The first-order valence-electron chi connectivity index (χ1n) is 7.52. The van der Waals surface area contributed by atoms with Crippen LogP contribution in [0.25, 0.3) is 11.5 Å². The average Bonchev–Trinajstić information content (AvgIpc) is 3.15. The third-order valence-corrected chi connectivity index (χ3v) is 4.44. The van der Waals surface area contributed by atoms with Gasteiger partial charge >= 0.3 is 0 Å². The van der Waals surface area contributed by atoms with Crippen LogP contribution in [0.3, 0.4) is 0 Å². The van der Waals surface area contributed by atoms with Crippen molar-refractivity contribution in [1.82, 2.24) is 10.2 Å². The summed E-state index contributed by atoms with van der Waals surface area (Å²) < 4.78 is 16.1. The zero-order valence-electron chi connectivity index (χ0n) is 14.0. The van der Waals surface area contributed by atoms with Gasteiger partial charge in [-0.1, -0.05) is 23.9 Å². The molecule has 0 N–H and O–H groups in total. The van der Waals surface area contributed by atoms with Gasteiger partial charge in [0.25, 0.3) is 10.9 Å². The molecule has 0 fully saturated rings. The molecule has 1 heterocycles. The van der Waals surface area contributed by atoms with Gasteiger partial charge in [-0.25, -0.2) is 0 Å². The van der Waals surface area contributed by atoms with E-state index >= 15 is 0 Å². The van der Waals surface area contributed by atoms with Crippen LogP contribution in [0.4, 0.5) is 5.69 Å². The number of hydrogen-bond donors (Lipinski definition) is 0. The predicted octanol–water partition coefficient (Wildman–Crippen LogP) is 3.95. The number of hydrogen-bond acceptors (Lipinski definition) is 8. The van der Waals surface area contributed by atoms with Crippen LogP contribution in [0.15, 0.2) is 52.1 Å². The Kier molecular flexibility index (Phi) is 5.37. The lowest BCUT2D eigenvalue weighted by Crippen LogP contribution is -1.90. The van der Waals surface area contributed by atoms with E-state index in [9.17, 15) is 10.1 Å². The van der Waals surface area contributed by atoms with E-state index in [0.29, 0.717) is 28.4 Å². The van der Waals surface area contributed by atoms with Gasteiger partial charge in [0.15, 0.2) is 11.5 Å². The first-order chi connectivity index (χ1) is 12.6. The molecule has 0 saturated carbocycles. The lowest BCUT2D eigenvalue weighted by Gasteiger charge is -2.07. The molecule has 0 spiro atoms. The Morgan fingerprint density at radius 2 is 1.81 bits per heavy atom. The maximum absolute atomic E-state index is 10.7. The van der Waals surface area contributed by atoms with Crippen molar-refractivity contribution in [3.05, 3.63) is 58.1 Å². The van der Waals surface area contributed by atoms with Gasteiger partial charge in [0.2, 0.25) is 5.89 Å². The first-order valence-corrected chi connectivity index (χ1v) is 8.51. The van der Waals surface area contributed by atoms with Crippen molar-refractivity contribution in [3.63, 3.8) is 0 Å². The van der Waals surface area contributed by atoms with Gasteiger partial charge in [-0.05, 0) is 23.8 Å². The van der Waals surface area contributed by atoms with E-state index in [2.05, 4.69) is 10.2 Å². The van der Waals surface area contributed by atoms with Gasteiger partial charge in [0.1, 0.15) is 0 Å². The zero-order valence-corrected chi connectivity index (χ0v) is 14.9. The van der Waals surface area contributed by atoms with Crippen LogP contribution in [0, 0.1) is 10.1 Å². The molecule has 1 aromatic heterocycles. The second kappa shape index (κ2) is 7.87. The molecule has 8 nitrogen and oxygen atoms in total. The summed E-state index contributed by atoms with van der Waals surface area (Å²) >= 11 is 1.35. The number of aromatic nitrogens is 2. The summed E-state index contributed by atoms with van der Waals surface area (Å²) in [5, 5.41) is 19.1. The van der Waals surface area contributed by atoms with Gasteiger partial charge in [-0.3, -0.25) is 10.1 Å². The number of thioether (sulfide) groups is 1. The largest absolute Gasteiger partial charge is 0.493 e. The maximum Gasteiger partial charge on any atom is 0.277 e. The smallest absolute Gasteiger partial charge is 0.277 e. The Bertz CT molecular complexity index is 911. The normalized spacial score (nSPS) is 10.5. The van der Waals surface area contributed by atoms with Crippen LogP contribution in [0.1, 0.15) is 5.56 Å². The number of nitrogens with zero attached hydrogens (tertiary/aromatic N) is 3. The van der Waals surface area contributed by atoms with Crippen molar-refractivity contribution in [2.75, 3.05) is 14.2 Å². The number of methoxy groups -OCH3 is 2. The van der Waals surface area contributed by atoms with Crippen molar-refractivity contribution in [1.29, 1.82) is 0 Å². The SMILES string of the molecule is COc1ccc(-c2nnc(SCc3ccc([N+](=O)[O-])cc3)o2)cc1OC. The number of benzene rings is 2. The third kappa shape index (κ3) is 3.94. The van der Waals surface area contributed by atoms with E-state index in [0.717, 1.165) is 11.1 Å². The zero-order chi connectivity index (χ0) is 18.5. The fraction of sp³-hybridized carbons (Fsp3) is 0.176. The predicted molar refractivity (Wildman–Crippen MR) is 95.5 cm³/mol. The average molecular weight is 373 g/mol. The van der Waals surface area contributed by atoms with Crippen LogP contribution in [-0.4, -0.2) is 29.3 Å². The molecule has 0 aliphatic carbocycles. The summed E-state index contributed by atoms with van der Waals surface area (Å²) in [6.07, 6.45) is 0. The molecule has 0 amide bonds. The van der Waals surface area contributed by atoms with Crippen molar-refractivity contribution < 1.29 is 18.8 Å². The lowest BCUT2D eigenvalue weighted by molar-refractivity contribution is -0.384. The van der Waals surface area contributed by atoms with Crippen LogP contribution in [-0.2, 0) is 5.75 Å². The molecule has 26 heavy (non-hydrogen) atoms. The summed E-state index contributed by atoms with van der Waals surface area (Å²) in [5.41, 5.74) is 1.70. The minimum absolute atomic E-state index is 0.0623.